The second-order valence-electron chi connectivity index (χ2n) is 4.27. The summed E-state index contributed by atoms with van der Waals surface area (Å²) in [4.78, 5) is 0. The van der Waals surface area contributed by atoms with Crippen LogP contribution in [-0.2, 0) is 26.7 Å². The molecule has 5 heteroatoms. The summed E-state index contributed by atoms with van der Waals surface area (Å²) in [6.45, 7) is 2.32. The SMILES string of the molecule is CCc1cc(COc2cccc(Cl)c2CO)n(C)n1. The molecule has 2 rings (SSSR count). The molecule has 0 aliphatic heterocycles. The van der Waals surface area contributed by atoms with E-state index in [-0.39, 0.29) is 6.61 Å². The smallest absolute Gasteiger partial charge is 0.130 e. The molecule has 0 amide bonds. The first-order valence-electron chi connectivity index (χ1n) is 6.18. The van der Waals surface area contributed by atoms with E-state index in [1.807, 2.05) is 17.8 Å². The molecular formula is C14H17ClN2O2. The molecule has 0 bridgehead atoms. The van der Waals surface area contributed by atoms with Crippen molar-refractivity contribution in [2.45, 2.75) is 26.6 Å². The summed E-state index contributed by atoms with van der Waals surface area (Å²) >= 11 is 6.01. The van der Waals surface area contributed by atoms with Crippen LogP contribution in [0, 0.1) is 0 Å². The standard InChI is InChI=1S/C14H17ClN2O2/c1-3-10-7-11(17(2)16-10)9-19-14-6-4-5-13(15)12(14)8-18/h4-7,18H,3,8-9H2,1-2H3. The van der Waals surface area contributed by atoms with Crippen molar-refractivity contribution in [3.05, 3.63) is 46.2 Å². The van der Waals surface area contributed by atoms with Gasteiger partial charge < -0.3 is 9.84 Å². The number of nitrogens with zero attached hydrogens (tertiary/aromatic N) is 2. The largest absolute Gasteiger partial charge is 0.487 e. The quantitative estimate of drug-likeness (QED) is 0.916. The van der Waals surface area contributed by atoms with Crippen LogP contribution in [0.5, 0.6) is 5.75 Å². The molecule has 1 aromatic carbocycles. The molecule has 0 aliphatic rings. The number of rotatable bonds is 5. The van der Waals surface area contributed by atoms with E-state index in [9.17, 15) is 5.11 Å². The molecule has 1 N–H and O–H groups in total. The van der Waals surface area contributed by atoms with Crippen molar-refractivity contribution in [1.82, 2.24) is 9.78 Å². The van der Waals surface area contributed by atoms with E-state index in [0.29, 0.717) is 22.9 Å². The van der Waals surface area contributed by atoms with Gasteiger partial charge in [-0.05, 0) is 24.6 Å². The number of benzene rings is 1. The first-order valence-corrected chi connectivity index (χ1v) is 6.56. The number of aliphatic hydroxyl groups excluding tert-OH is 1. The lowest BCUT2D eigenvalue weighted by Gasteiger charge is -2.11. The molecule has 19 heavy (non-hydrogen) atoms. The van der Waals surface area contributed by atoms with Gasteiger partial charge in [0.05, 0.1) is 18.0 Å². The van der Waals surface area contributed by atoms with Crippen LogP contribution in [0.15, 0.2) is 24.3 Å². The number of halogens is 1. The average molecular weight is 281 g/mol. The summed E-state index contributed by atoms with van der Waals surface area (Å²) < 4.78 is 7.54. The van der Waals surface area contributed by atoms with Crippen LogP contribution < -0.4 is 4.74 Å². The molecule has 0 saturated heterocycles. The van der Waals surface area contributed by atoms with Gasteiger partial charge in [-0.1, -0.05) is 24.6 Å². The molecule has 1 heterocycles. The van der Waals surface area contributed by atoms with Crippen molar-refractivity contribution in [2.24, 2.45) is 7.05 Å². The maximum Gasteiger partial charge on any atom is 0.130 e. The molecular weight excluding hydrogens is 264 g/mol. The highest BCUT2D eigenvalue weighted by molar-refractivity contribution is 6.31. The maximum atomic E-state index is 9.31. The second kappa shape index (κ2) is 6.08. The summed E-state index contributed by atoms with van der Waals surface area (Å²) in [7, 11) is 1.89. The summed E-state index contributed by atoms with van der Waals surface area (Å²) in [6.07, 6.45) is 0.896. The van der Waals surface area contributed by atoms with Crippen molar-refractivity contribution in [3.63, 3.8) is 0 Å². The minimum atomic E-state index is -0.138. The highest BCUT2D eigenvalue weighted by atomic mass is 35.5. The molecule has 0 spiro atoms. The van der Waals surface area contributed by atoms with Crippen LogP contribution in [0.3, 0.4) is 0 Å². The lowest BCUT2D eigenvalue weighted by Crippen LogP contribution is -2.04. The number of aryl methyl sites for hydroxylation is 2. The highest BCUT2D eigenvalue weighted by Crippen LogP contribution is 2.27. The normalized spacial score (nSPS) is 10.7. The molecule has 0 radical (unpaired) electrons. The first kappa shape index (κ1) is 13.9. The van der Waals surface area contributed by atoms with Crippen LogP contribution in [0.1, 0.15) is 23.9 Å². The number of hydrogen-bond donors (Lipinski definition) is 1. The number of aromatic nitrogens is 2. The lowest BCUT2D eigenvalue weighted by molar-refractivity contribution is 0.255. The third-order valence-electron chi connectivity index (χ3n) is 3.00. The van der Waals surface area contributed by atoms with E-state index in [1.165, 1.54) is 0 Å². The highest BCUT2D eigenvalue weighted by Gasteiger charge is 2.09. The van der Waals surface area contributed by atoms with E-state index in [4.69, 9.17) is 16.3 Å². The van der Waals surface area contributed by atoms with Crippen LogP contribution in [0.4, 0.5) is 0 Å². The van der Waals surface area contributed by atoms with Crippen molar-refractivity contribution in [3.8, 4) is 5.75 Å². The van der Waals surface area contributed by atoms with E-state index >= 15 is 0 Å². The predicted octanol–water partition coefficient (Wildman–Crippen LogP) is 2.71. The van der Waals surface area contributed by atoms with Gasteiger partial charge in [0.2, 0.25) is 0 Å². The maximum absolute atomic E-state index is 9.31. The summed E-state index contributed by atoms with van der Waals surface area (Å²) in [5.41, 5.74) is 2.64. The molecule has 2 aromatic rings. The molecule has 0 aliphatic carbocycles. The van der Waals surface area contributed by atoms with Gasteiger partial charge in [0, 0.05) is 17.6 Å². The molecule has 0 saturated carbocycles. The zero-order chi connectivity index (χ0) is 13.8. The molecule has 0 fully saturated rings. The Labute approximate surface area is 117 Å². The number of aliphatic hydroxyl groups is 1. The Morgan fingerprint density at radius 2 is 2.21 bits per heavy atom. The Hall–Kier alpha value is -1.52. The van der Waals surface area contributed by atoms with Gasteiger partial charge in [-0.2, -0.15) is 5.10 Å². The predicted molar refractivity (Wildman–Crippen MR) is 74.3 cm³/mol. The third-order valence-corrected chi connectivity index (χ3v) is 3.35. The third kappa shape index (κ3) is 3.08. The fourth-order valence-corrected chi connectivity index (χ4v) is 2.08. The Kier molecular flexibility index (Phi) is 4.45. The summed E-state index contributed by atoms with van der Waals surface area (Å²) in [5, 5.41) is 14.2. The van der Waals surface area contributed by atoms with E-state index in [2.05, 4.69) is 12.0 Å². The zero-order valence-electron chi connectivity index (χ0n) is 11.1. The topological polar surface area (TPSA) is 47.3 Å². The van der Waals surface area contributed by atoms with Crippen molar-refractivity contribution in [1.29, 1.82) is 0 Å². The fraction of sp³-hybridized carbons (Fsp3) is 0.357. The van der Waals surface area contributed by atoms with E-state index < -0.39 is 0 Å². The van der Waals surface area contributed by atoms with Gasteiger partial charge in [-0.3, -0.25) is 4.68 Å². The van der Waals surface area contributed by atoms with E-state index in [1.54, 1.807) is 18.2 Å². The van der Waals surface area contributed by atoms with Crippen LogP contribution in [0.25, 0.3) is 0 Å². The molecule has 0 atom stereocenters. The number of ether oxygens (including phenoxy) is 1. The monoisotopic (exact) mass is 280 g/mol. The molecule has 4 nitrogen and oxygen atoms in total. The molecule has 0 unspecified atom stereocenters. The Morgan fingerprint density at radius 1 is 1.42 bits per heavy atom. The Morgan fingerprint density at radius 3 is 2.84 bits per heavy atom. The van der Waals surface area contributed by atoms with Crippen molar-refractivity contribution >= 4 is 11.6 Å². The minimum Gasteiger partial charge on any atom is -0.487 e. The fourth-order valence-electron chi connectivity index (χ4n) is 1.86. The Balaban J connectivity index is 2.14. The first-order chi connectivity index (χ1) is 9.15. The molecule has 1 aromatic heterocycles. The van der Waals surface area contributed by atoms with Gasteiger partial charge >= 0.3 is 0 Å². The van der Waals surface area contributed by atoms with Gasteiger partial charge in [0.25, 0.3) is 0 Å². The lowest BCUT2D eigenvalue weighted by atomic mass is 10.2. The van der Waals surface area contributed by atoms with Gasteiger partial charge in [0.1, 0.15) is 12.4 Å². The van der Waals surface area contributed by atoms with Gasteiger partial charge in [-0.15, -0.1) is 0 Å². The second-order valence-corrected chi connectivity index (χ2v) is 4.67. The summed E-state index contributed by atoms with van der Waals surface area (Å²) in [6, 6.07) is 7.36. The van der Waals surface area contributed by atoms with Gasteiger partial charge in [0.15, 0.2) is 0 Å². The van der Waals surface area contributed by atoms with Crippen LogP contribution in [0.2, 0.25) is 5.02 Å². The Bertz CT molecular complexity index is 567. The number of hydrogen-bond acceptors (Lipinski definition) is 3. The van der Waals surface area contributed by atoms with Crippen LogP contribution in [-0.4, -0.2) is 14.9 Å². The zero-order valence-corrected chi connectivity index (χ0v) is 11.8. The van der Waals surface area contributed by atoms with E-state index in [0.717, 1.165) is 17.8 Å². The molecule has 102 valence electrons. The van der Waals surface area contributed by atoms with Gasteiger partial charge in [-0.25, -0.2) is 0 Å². The van der Waals surface area contributed by atoms with Crippen molar-refractivity contribution in [2.75, 3.05) is 0 Å². The van der Waals surface area contributed by atoms with Crippen molar-refractivity contribution < 1.29 is 9.84 Å². The summed E-state index contributed by atoms with van der Waals surface area (Å²) in [5.74, 6) is 0.606. The average Bonchev–Trinajstić information content (AvgIpc) is 2.77. The van der Waals surface area contributed by atoms with Crippen LogP contribution >= 0.6 is 11.6 Å². The minimum absolute atomic E-state index is 0.138.